The molecule has 1 aliphatic rings. The Morgan fingerprint density at radius 1 is 1.45 bits per heavy atom. The molecule has 0 radical (unpaired) electrons. The molecular formula is C16H19FN2O. The van der Waals surface area contributed by atoms with E-state index >= 15 is 0 Å². The Kier molecular flexibility index (Phi) is 3.34. The molecule has 1 aromatic heterocycles. The van der Waals surface area contributed by atoms with E-state index in [-0.39, 0.29) is 11.3 Å². The molecule has 0 aliphatic carbocycles. The van der Waals surface area contributed by atoms with Crippen molar-refractivity contribution < 1.29 is 9.18 Å². The van der Waals surface area contributed by atoms with E-state index in [1.165, 1.54) is 6.07 Å². The van der Waals surface area contributed by atoms with Crippen LogP contribution in [0.2, 0.25) is 0 Å². The molecule has 0 amide bonds. The molecule has 0 saturated carbocycles. The van der Waals surface area contributed by atoms with Crippen LogP contribution in [0.1, 0.15) is 36.5 Å². The summed E-state index contributed by atoms with van der Waals surface area (Å²) in [6.45, 7) is 3.56. The van der Waals surface area contributed by atoms with E-state index in [0.717, 1.165) is 36.7 Å². The molecule has 106 valence electrons. The molecular weight excluding hydrogens is 255 g/mol. The van der Waals surface area contributed by atoms with Gasteiger partial charge in [-0.25, -0.2) is 4.39 Å². The van der Waals surface area contributed by atoms with Crippen molar-refractivity contribution in [3.8, 4) is 0 Å². The van der Waals surface area contributed by atoms with Crippen molar-refractivity contribution in [2.24, 2.45) is 5.41 Å². The Hall–Kier alpha value is -1.68. The highest BCUT2D eigenvalue weighted by Crippen LogP contribution is 2.36. The van der Waals surface area contributed by atoms with Crippen LogP contribution in [0.5, 0.6) is 0 Å². The summed E-state index contributed by atoms with van der Waals surface area (Å²) in [5.41, 5.74) is 0.530. The maximum absolute atomic E-state index is 14.3. The fourth-order valence-electron chi connectivity index (χ4n) is 3.28. The van der Waals surface area contributed by atoms with Crippen LogP contribution in [0.25, 0.3) is 10.9 Å². The second kappa shape index (κ2) is 5.02. The lowest BCUT2D eigenvalue weighted by Gasteiger charge is -2.26. The number of ketones is 1. The summed E-state index contributed by atoms with van der Waals surface area (Å²) in [5, 5.41) is 4.13. The number of H-pyrrole nitrogens is 1. The van der Waals surface area contributed by atoms with Crippen LogP contribution in [0, 0.1) is 11.2 Å². The zero-order valence-electron chi connectivity index (χ0n) is 11.6. The summed E-state index contributed by atoms with van der Waals surface area (Å²) < 4.78 is 14.3. The van der Waals surface area contributed by atoms with Crippen LogP contribution in [0.15, 0.2) is 24.4 Å². The number of benzene rings is 1. The molecule has 4 heteroatoms. The van der Waals surface area contributed by atoms with Crippen LogP contribution < -0.4 is 5.32 Å². The van der Waals surface area contributed by atoms with E-state index in [1.807, 2.05) is 6.07 Å². The fourth-order valence-corrected chi connectivity index (χ4v) is 3.28. The molecule has 2 heterocycles. The average molecular weight is 274 g/mol. The highest BCUT2D eigenvalue weighted by atomic mass is 19.1. The molecule has 0 spiro atoms. The summed E-state index contributed by atoms with van der Waals surface area (Å²) in [5.74, 6) is -0.475. The topological polar surface area (TPSA) is 44.9 Å². The Labute approximate surface area is 117 Å². The molecule has 3 nitrogen and oxygen atoms in total. The van der Waals surface area contributed by atoms with Gasteiger partial charge in [-0.05, 0) is 37.6 Å². The van der Waals surface area contributed by atoms with Crippen molar-refractivity contribution in [2.45, 2.75) is 26.2 Å². The molecule has 20 heavy (non-hydrogen) atoms. The van der Waals surface area contributed by atoms with Gasteiger partial charge >= 0.3 is 0 Å². The standard InChI is InChI=1S/C16H19FN2O/c1-2-4-16(5-7-18-10-16)15(20)12-8-11-3-6-19-14(11)9-13(12)17/h3,6,8-9,18-19H,2,4-5,7,10H2,1H3. The van der Waals surface area contributed by atoms with E-state index in [9.17, 15) is 9.18 Å². The SMILES string of the molecule is CCCC1(C(=O)c2cc3cc[nH]c3cc2F)CCNC1. The molecule has 1 saturated heterocycles. The summed E-state index contributed by atoms with van der Waals surface area (Å²) in [4.78, 5) is 15.8. The lowest BCUT2D eigenvalue weighted by Crippen LogP contribution is -2.34. The maximum atomic E-state index is 14.3. The second-order valence-electron chi connectivity index (χ2n) is 5.68. The number of aromatic nitrogens is 1. The smallest absolute Gasteiger partial charge is 0.173 e. The average Bonchev–Trinajstić information content (AvgIpc) is 3.06. The van der Waals surface area contributed by atoms with Gasteiger partial charge in [-0.3, -0.25) is 4.79 Å². The van der Waals surface area contributed by atoms with Gasteiger partial charge in [0.2, 0.25) is 0 Å². The number of carbonyl (C=O) groups is 1. The van der Waals surface area contributed by atoms with Gasteiger partial charge in [-0.1, -0.05) is 13.3 Å². The minimum absolute atomic E-state index is 0.0510. The van der Waals surface area contributed by atoms with Gasteiger partial charge in [0.25, 0.3) is 0 Å². The quantitative estimate of drug-likeness (QED) is 0.840. The lowest BCUT2D eigenvalue weighted by atomic mass is 9.76. The van der Waals surface area contributed by atoms with Crippen LogP contribution in [0.4, 0.5) is 4.39 Å². The lowest BCUT2D eigenvalue weighted by molar-refractivity contribution is 0.0797. The number of halogens is 1. The fraction of sp³-hybridized carbons (Fsp3) is 0.438. The van der Waals surface area contributed by atoms with Gasteiger partial charge in [0.1, 0.15) is 5.82 Å². The summed E-state index contributed by atoms with van der Waals surface area (Å²) >= 11 is 0. The number of carbonyl (C=O) groups excluding carboxylic acids is 1. The second-order valence-corrected chi connectivity index (χ2v) is 5.68. The predicted octanol–water partition coefficient (Wildman–Crippen LogP) is 3.27. The van der Waals surface area contributed by atoms with E-state index in [2.05, 4.69) is 17.2 Å². The van der Waals surface area contributed by atoms with E-state index in [4.69, 9.17) is 0 Å². The van der Waals surface area contributed by atoms with Crippen molar-refractivity contribution in [2.75, 3.05) is 13.1 Å². The van der Waals surface area contributed by atoms with Gasteiger partial charge in [0, 0.05) is 29.1 Å². The number of rotatable bonds is 4. The number of aromatic amines is 1. The molecule has 1 atom stereocenters. The van der Waals surface area contributed by atoms with Crippen LogP contribution >= 0.6 is 0 Å². The maximum Gasteiger partial charge on any atom is 0.173 e. The first-order valence-corrected chi connectivity index (χ1v) is 7.18. The highest BCUT2D eigenvalue weighted by Gasteiger charge is 2.41. The van der Waals surface area contributed by atoms with Crippen molar-refractivity contribution in [1.82, 2.24) is 10.3 Å². The molecule has 1 fully saturated rings. The van der Waals surface area contributed by atoms with Gasteiger partial charge < -0.3 is 10.3 Å². The van der Waals surface area contributed by atoms with E-state index < -0.39 is 11.2 Å². The van der Waals surface area contributed by atoms with Crippen LogP contribution in [-0.2, 0) is 0 Å². The molecule has 0 bridgehead atoms. The number of hydrogen-bond donors (Lipinski definition) is 2. The van der Waals surface area contributed by atoms with Crippen molar-refractivity contribution >= 4 is 16.7 Å². The number of fused-ring (bicyclic) bond motifs is 1. The Balaban J connectivity index is 2.04. The first-order chi connectivity index (χ1) is 9.66. The highest BCUT2D eigenvalue weighted by molar-refractivity contribution is 6.03. The number of Topliss-reactive ketones (excluding diaryl/α,β-unsaturated/α-hetero) is 1. The molecule has 3 rings (SSSR count). The number of hydrogen-bond acceptors (Lipinski definition) is 2. The van der Waals surface area contributed by atoms with Crippen LogP contribution in [0.3, 0.4) is 0 Å². The van der Waals surface area contributed by atoms with E-state index in [0.29, 0.717) is 6.54 Å². The summed E-state index contributed by atoms with van der Waals surface area (Å²) in [6.07, 6.45) is 4.30. The first kappa shape index (κ1) is 13.3. The van der Waals surface area contributed by atoms with Crippen molar-refractivity contribution in [3.05, 3.63) is 35.8 Å². The molecule has 1 aromatic carbocycles. The monoisotopic (exact) mass is 274 g/mol. The normalized spacial score (nSPS) is 22.5. The Bertz CT molecular complexity index is 641. The Morgan fingerprint density at radius 3 is 3.00 bits per heavy atom. The van der Waals surface area contributed by atoms with Gasteiger partial charge in [0.15, 0.2) is 5.78 Å². The third-order valence-electron chi connectivity index (χ3n) is 4.34. The Morgan fingerprint density at radius 2 is 2.30 bits per heavy atom. The minimum Gasteiger partial charge on any atom is -0.361 e. The van der Waals surface area contributed by atoms with Crippen molar-refractivity contribution in [1.29, 1.82) is 0 Å². The zero-order chi connectivity index (χ0) is 14.2. The largest absolute Gasteiger partial charge is 0.361 e. The van der Waals surface area contributed by atoms with Gasteiger partial charge in [-0.2, -0.15) is 0 Å². The first-order valence-electron chi connectivity index (χ1n) is 7.18. The van der Waals surface area contributed by atoms with Crippen molar-refractivity contribution in [3.63, 3.8) is 0 Å². The predicted molar refractivity (Wildman–Crippen MR) is 77.4 cm³/mol. The van der Waals surface area contributed by atoms with Crippen LogP contribution in [-0.4, -0.2) is 23.9 Å². The summed E-state index contributed by atoms with van der Waals surface area (Å²) in [6, 6.07) is 4.97. The molecule has 1 unspecified atom stereocenters. The minimum atomic E-state index is -0.431. The van der Waals surface area contributed by atoms with E-state index in [1.54, 1.807) is 12.3 Å². The van der Waals surface area contributed by atoms with Gasteiger partial charge in [0.05, 0.1) is 5.56 Å². The molecule has 2 aromatic rings. The molecule has 1 aliphatic heterocycles. The number of nitrogens with one attached hydrogen (secondary N) is 2. The third kappa shape index (κ3) is 2.04. The third-order valence-corrected chi connectivity index (χ3v) is 4.34. The summed E-state index contributed by atoms with van der Waals surface area (Å²) in [7, 11) is 0. The zero-order valence-corrected chi connectivity index (χ0v) is 11.6. The molecule has 2 N–H and O–H groups in total. The van der Waals surface area contributed by atoms with Gasteiger partial charge in [-0.15, -0.1) is 0 Å².